The molecule has 0 bridgehead atoms. The quantitative estimate of drug-likeness (QED) is 0.786. The van der Waals surface area contributed by atoms with Crippen molar-refractivity contribution >= 4 is 40.8 Å². The van der Waals surface area contributed by atoms with Crippen LogP contribution in [0.3, 0.4) is 0 Å². The number of halogens is 2. The number of H-pyrrole nitrogens is 1. The molecule has 0 saturated carbocycles. The van der Waals surface area contributed by atoms with E-state index < -0.39 is 0 Å². The Labute approximate surface area is 146 Å². The van der Waals surface area contributed by atoms with E-state index >= 15 is 0 Å². The second kappa shape index (κ2) is 8.02. The highest BCUT2D eigenvalue weighted by Gasteiger charge is 2.27. The monoisotopic (exact) mass is 357 g/mol. The molecule has 2 aromatic rings. The number of carbonyl (C=O) groups is 1. The Balaban J connectivity index is 0.00000192. The van der Waals surface area contributed by atoms with Crippen LogP contribution in [-0.2, 0) is 16.0 Å². The standard InChI is InChI=1S/C16H20ClN3O2.ClH/c1-10-15(18-6-7-22-10)16(21)19-5-4-11-9-20-14-3-2-12(17)8-13(11)14;/h2-3,8-10,15,18,20H,4-7H2,1H3,(H,19,21);1H/t10-,15+;/m1./s1. The van der Waals surface area contributed by atoms with E-state index in [-0.39, 0.29) is 30.5 Å². The van der Waals surface area contributed by atoms with Crippen molar-refractivity contribution in [1.82, 2.24) is 15.6 Å². The second-order valence-electron chi connectivity index (χ2n) is 5.55. The van der Waals surface area contributed by atoms with Gasteiger partial charge in [-0.2, -0.15) is 0 Å². The number of aromatic amines is 1. The summed E-state index contributed by atoms with van der Waals surface area (Å²) >= 11 is 6.04. The Morgan fingerprint density at radius 3 is 3.09 bits per heavy atom. The summed E-state index contributed by atoms with van der Waals surface area (Å²) in [6.07, 6.45) is 2.63. The lowest BCUT2D eigenvalue weighted by atomic mass is 10.1. The molecule has 0 aliphatic carbocycles. The molecular weight excluding hydrogens is 337 g/mol. The highest BCUT2D eigenvalue weighted by atomic mass is 35.5. The van der Waals surface area contributed by atoms with Gasteiger partial charge in [0.2, 0.25) is 5.91 Å². The van der Waals surface area contributed by atoms with Crippen molar-refractivity contribution in [1.29, 1.82) is 0 Å². The van der Waals surface area contributed by atoms with E-state index in [9.17, 15) is 4.79 Å². The van der Waals surface area contributed by atoms with E-state index in [1.54, 1.807) is 0 Å². The zero-order valence-electron chi connectivity index (χ0n) is 12.9. The largest absolute Gasteiger partial charge is 0.375 e. The Morgan fingerprint density at radius 1 is 1.48 bits per heavy atom. The maximum Gasteiger partial charge on any atom is 0.239 e. The summed E-state index contributed by atoms with van der Waals surface area (Å²) in [6, 6.07) is 5.50. The lowest BCUT2D eigenvalue weighted by Gasteiger charge is -2.29. The van der Waals surface area contributed by atoms with Crippen molar-refractivity contribution in [3.63, 3.8) is 0 Å². The zero-order valence-corrected chi connectivity index (χ0v) is 14.5. The van der Waals surface area contributed by atoms with Crippen LogP contribution < -0.4 is 10.6 Å². The maximum absolute atomic E-state index is 12.2. The Kier molecular flexibility index (Phi) is 6.30. The van der Waals surface area contributed by atoms with E-state index in [1.807, 2.05) is 31.3 Å². The predicted octanol–water partition coefficient (Wildman–Crippen LogP) is 2.28. The highest BCUT2D eigenvalue weighted by molar-refractivity contribution is 6.31. The SMILES string of the molecule is C[C@H]1OCCN[C@@H]1C(=O)NCCc1c[nH]c2ccc(Cl)cc12.Cl. The normalized spacial score (nSPS) is 21.0. The van der Waals surface area contributed by atoms with Crippen LogP contribution >= 0.6 is 24.0 Å². The Bertz CT molecular complexity index is 674. The number of amides is 1. The van der Waals surface area contributed by atoms with E-state index in [2.05, 4.69) is 15.6 Å². The van der Waals surface area contributed by atoms with Crippen molar-refractivity contribution < 1.29 is 9.53 Å². The fraction of sp³-hybridized carbons (Fsp3) is 0.438. The fourth-order valence-corrected chi connectivity index (χ4v) is 2.99. The molecule has 1 aromatic carbocycles. The number of morpholine rings is 1. The molecule has 1 fully saturated rings. The third kappa shape index (κ3) is 4.18. The molecule has 1 amide bonds. The molecule has 0 unspecified atom stereocenters. The molecule has 2 atom stereocenters. The number of aromatic nitrogens is 1. The van der Waals surface area contributed by atoms with Crippen LogP contribution in [0.15, 0.2) is 24.4 Å². The van der Waals surface area contributed by atoms with E-state index in [4.69, 9.17) is 16.3 Å². The van der Waals surface area contributed by atoms with Gasteiger partial charge in [-0.05, 0) is 37.1 Å². The molecule has 3 rings (SSSR count). The molecule has 7 heteroatoms. The van der Waals surface area contributed by atoms with Gasteiger partial charge in [-0.15, -0.1) is 12.4 Å². The van der Waals surface area contributed by atoms with Crippen LogP contribution in [0.2, 0.25) is 5.02 Å². The number of hydrogen-bond donors (Lipinski definition) is 3. The number of carbonyl (C=O) groups excluding carboxylic acids is 1. The third-order valence-corrected chi connectivity index (χ3v) is 4.26. The van der Waals surface area contributed by atoms with Gasteiger partial charge in [0, 0.05) is 35.2 Å². The van der Waals surface area contributed by atoms with Crippen molar-refractivity contribution in [2.45, 2.75) is 25.5 Å². The topological polar surface area (TPSA) is 66.2 Å². The first-order valence-corrected chi connectivity index (χ1v) is 7.91. The van der Waals surface area contributed by atoms with Crippen molar-refractivity contribution in [2.75, 3.05) is 19.7 Å². The van der Waals surface area contributed by atoms with E-state index in [0.29, 0.717) is 19.7 Å². The first kappa shape index (κ1) is 18.1. The van der Waals surface area contributed by atoms with E-state index in [1.165, 1.54) is 0 Å². The summed E-state index contributed by atoms with van der Waals surface area (Å²) in [4.78, 5) is 15.4. The summed E-state index contributed by atoms with van der Waals surface area (Å²) in [7, 11) is 0. The minimum absolute atomic E-state index is 0. The number of fused-ring (bicyclic) bond motifs is 1. The molecular formula is C16H21Cl2N3O2. The van der Waals surface area contributed by atoms with Crippen molar-refractivity contribution in [2.24, 2.45) is 0 Å². The first-order chi connectivity index (χ1) is 10.6. The smallest absolute Gasteiger partial charge is 0.239 e. The Hall–Kier alpha value is -1.27. The molecule has 1 aromatic heterocycles. The van der Waals surface area contributed by atoms with Crippen LogP contribution in [0.25, 0.3) is 10.9 Å². The number of hydrogen-bond acceptors (Lipinski definition) is 3. The van der Waals surface area contributed by atoms with E-state index in [0.717, 1.165) is 27.9 Å². The minimum atomic E-state index is -0.272. The van der Waals surface area contributed by atoms with Crippen LogP contribution in [0.1, 0.15) is 12.5 Å². The molecule has 0 radical (unpaired) electrons. The highest BCUT2D eigenvalue weighted by Crippen LogP contribution is 2.22. The van der Waals surface area contributed by atoms with Gasteiger partial charge in [-0.1, -0.05) is 11.6 Å². The second-order valence-corrected chi connectivity index (χ2v) is 5.99. The molecule has 1 aliphatic heterocycles. The number of rotatable bonds is 4. The van der Waals surface area contributed by atoms with Crippen molar-refractivity contribution in [3.8, 4) is 0 Å². The van der Waals surface area contributed by atoms with Gasteiger partial charge in [0.25, 0.3) is 0 Å². The van der Waals surface area contributed by atoms with Crippen LogP contribution in [0.4, 0.5) is 0 Å². The molecule has 5 nitrogen and oxygen atoms in total. The summed E-state index contributed by atoms with van der Waals surface area (Å²) in [5.74, 6) is -0.00919. The molecule has 126 valence electrons. The Morgan fingerprint density at radius 2 is 2.30 bits per heavy atom. The number of nitrogens with one attached hydrogen (secondary N) is 3. The summed E-state index contributed by atoms with van der Waals surface area (Å²) in [5, 5.41) is 7.98. The summed E-state index contributed by atoms with van der Waals surface area (Å²) < 4.78 is 5.49. The molecule has 0 spiro atoms. The molecule has 3 N–H and O–H groups in total. The van der Waals surface area contributed by atoms with Gasteiger partial charge in [-0.3, -0.25) is 4.79 Å². The molecule has 23 heavy (non-hydrogen) atoms. The fourth-order valence-electron chi connectivity index (χ4n) is 2.82. The average Bonchev–Trinajstić information content (AvgIpc) is 2.90. The summed E-state index contributed by atoms with van der Waals surface area (Å²) in [6.45, 7) is 3.87. The van der Waals surface area contributed by atoms with Crippen LogP contribution in [-0.4, -0.2) is 42.7 Å². The van der Waals surface area contributed by atoms with Crippen LogP contribution in [0, 0.1) is 0 Å². The lowest BCUT2D eigenvalue weighted by molar-refractivity contribution is -0.128. The predicted molar refractivity (Wildman–Crippen MR) is 94.5 cm³/mol. The molecule has 1 aliphatic rings. The number of ether oxygens (including phenoxy) is 1. The van der Waals surface area contributed by atoms with Crippen LogP contribution in [0.5, 0.6) is 0 Å². The average molecular weight is 358 g/mol. The first-order valence-electron chi connectivity index (χ1n) is 7.53. The van der Waals surface area contributed by atoms with Gasteiger partial charge in [0.1, 0.15) is 6.04 Å². The lowest BCUT2D eigenvalue weighted by Crippen LogP contribution is -2.55. The zero-order chi connectivity index (χ0) is 15.5. The minimum Gasteiger partial charge on any atom is -0.375 e. The third-order valence-electron chi connectivity index (χ3n) is 4.02. The maximum atomic E-state index is 12.2. The number of benzene rings is 1. The molecule has 2 heterocycles. The summed E-state index contributed by atoms with van der Waals surface area (Å²) in [5.41, 5.74) is 2.21. The van der Waals surface area contributed by atoms with Gasteiger partial charge in [0.05, 0.1) is 12.7 Å². The van der Waals surface area contributed by atoms with Gasteiger partial charge in [0.15, 0.2) is 0 Å². The van der Waals surface area contributed by atoms with Gasteiger partial charge >= 0.3 is 0 Å². The van der Waals surface area contributed by atoms with Gasteiger partial charge in [-0.25, -0.2) is 0 Å². The molecule has 1 saturated heterocycles. The van der Waals surface area contributed by atoms with Gasteiger partial charge < -0.3 is 20.4 Å². The van der Waals surface area contributed by atoms with Crippen molar-refractivity contribution in [3.05, 3.63) is 35.0 Å².